The average Bonchev–Trinajstić information content (AvgIpc) is 3.96. The molecule has 21 heteroatoms. The molecule has 65 heavy (non-hydrogen) atoms. The molecular formula is C44H35BrN14O6. The van der Waals surface area contributed by atoms with Crippen molar-refractivity contribution >= 4 is 56.9 Å². The maximum absolute atomic E-state index is 12.8. The van der Waals surface area contributed by atoms with Gasteiger partial charge in [0.1, 0.15) is 48.8 Å². The monoisotopic (exact) mass is 934 g/mol. The molecule has 0 spiro atoms. The van der Waals surface area contributed by atoms with Crippen molar-refractivity contribution in [1.82, 2.24) is 40.6 Å². The summed E-state index contributed by atoms with van der Waals surface area (Å²) in [7, 11) is 3.12. The molecule has 0 saturated heterocycles. The Bertz CT molecular complexity index is 2920. The molecule has 2 atom stereocenters. The van der Waals surface area contributed by atoms with Crippen molar-refractivity contribution in [3.8, 4) is 29.7 Å². The van der Waals surface area contributed by atoms with E-state index in [9.17, 15) is 24.4 Å². The van der Waals surface area contributed by atoms with E-state index in [-0.39, 0.29) is 54.3 Å². The van der Waals surface area contributed by atoms with E-state index in [1.165, 1.54) is 26.6 Å². The first kappa shape index (κ1) is 45.6. The number of benzene rings is 2. The van der Waals surface area contributed by atoms with Crippen molar-refractivity contribution in [3.05, 3.63) is 148 Å². The Morgan fingerprint density at radius 3 is 2.00 bits per heavy atom. The number of alkyl halides is 1. The second kappa shape index (κ2) is 21.2. The van der Waals surface area contributed by atoms with Crippen LogP contribution in [0.3, 0.4) is 0 Å². The van der Waals surface area contributed by atoms with E-state index in [4.69, 9.17) is 26.6 Å². The highest BCUT2D eigenvalue weighted by atomic mass is 79.9. The SMILES string of the molecule is CN1C(=O)[C@@H](NC(=O)c2cc(C#N)n(Cc3cccc(C#N)c3)n2)COc2cccnc21.CN1C(=O)[C@@H](NC(=O)c2cc(C#N)n[nH]2)COc2cccnc21.[C-]#[N+]c1cccc(CBr)c1. The standard InChI is InChI=1S/C22H17N7O3.C14H12N6O3.C8H6BrN/c1-28-20-19(6-3-7-25-20)32-13-18(22(28)31)26-21(30)17-9-16(11-24)29(27-17)12-15-5-2-4-14(8-15)10-23;1-20-12-11(3-2-4-16-12)23-7-10(14(20)22)17-13(21)9-5-8(6-15)18-19-9;1-10-8-4-2-3-7(5-8)6-9/h2-9,18H,12-13H2,1H3,(H,26,30);2-5,10H,7H2,1H3,(H,17,21)(H,18,19);2-5H,6H2/t18-;10-;/m00./s1. The van der Waals surface area contributed by atoms with Gasteiger partial charge in [-0.1, -0.05) is 52.3 Å². The van der Waals surface area contributed by atoms with Gasteiger partial charge in [-0.2, -0.15) is 26.0 Å². The van der Waals surface area contributed by atoms with E-state index in [1.807, 2.05) is 30.3 Å². The number of nitrogens with one attached hydrogen (secondary N) is 3. The minimum atomic E-state index is -0.954. The zero-order chi connectivity index (χ0) is 46.5. The normalized spacial score (nSPS) is 14.7. The number of fused-ring (bicyclic) bond motifs is 2. The van der Waals surface area contributed by atoms with Gasteiger partial charge in [-0.15, -0.1) is 0 Å². The molecule has 6 heterocycles. The number of nitrogens with zero attached hydrogens (tertiary/aromatic N) is 11. The van der Waals surface area contributed by atoms with Gasteiger partial charge in [0.15, 0.2) is 40.2 Å². The second-order valence-electron chi connectivity index (χ2n) is 13.8. The van der Waals surface area contributed by atoms with E-state index in [0.29, 0.717) is 34.4 Å². The number of amides is 4. The first-order chi connectivity index (χ1) is 31.5. The number of carbonyl (C=O) groups excluding carboxylic acids is 4. The van der Waals surface area contributed by atoms with Crippen LogP contribution in [0.2, 0.25) is 0 Å². The van der Waals surface area contributed by atoms with Crippen molar-refractivity contribution in [2.45, 2.75) is 24.0 Å². The molecule has 0 radical (unpaired) electrons. The van der Waals surface area contributed by atoms with Crippen molar-refractivity contribution in [2.24, 2.45) is 0 Å². The van der Waals surface area contributed by atoms with Gasteiger partial charge in [-0.25, -0.2) is 19.5 Å². The number of carbonyl (C=O) groups is 4. The summed E-state index contributed by atoms with van der Waals surface area (Å²) in [6, 6.07) is 27.9. The highest BCUT2D eigenvalue weighted by molar-refractivity contribution is 9.08. The van der Waals surface area contributed by atoms with E-state index in [2.05, 4.69) is 62.7 Å². The zero-order valence-corrected chi connectivity index (χ0v) is 36.1. The van der Waals surface area contributed by atoms with Crippen LogP contribution in [-0.4, -0.2) is 93.0 Å². The largest absolute Gasteiger partial charge is 0.487 e. The molecule has 0 aliphatic carbocycles. The first-order valence-corrected chi connectivity index (χ1v) is 20.4. The number of pyridine rings is 2. The summed E-state index contributed by atoms with van der Waals surface area (Å²) in [5.41, 5.74) is 3.45. The number of H-pyrrole nitrogens is 1. The fraction of sp³-hybridized carbons (Fsp3) is 0.182. The zero-order valence-electron chi connectivity index (χ0n) is 34.5. The fourth-order valence-corrected chi connectivity index (χ4v) is 6.54. The van der Waals surface area contributed by atoms with Crippen molar-refractivity contribution in [1.29, 1.82) is 15.8 Å². The van der Waals surface area contributed by atoms with Crippen molar-refractivity contribution in [2.75, 3.05) is 37.1 Å². The van der Waals surface area contributed by atoms with Gasteiger partial charge in [-0.3, -0.25) is 34.1 Å². The number of hydrogen-bond donors (Lipinski definition) is 3. The summed E-state index contributed by atoms with van der Waals surface area (Å²) < 4.78 is 12.6. The van der Waals surface area contributed by atoms with Gasteiger partial charge >= 0.3 is 0 Å². The number of hydrogen-bond acceptors (Lipinski definition) is 13. The van der Waals surface area contributed by atoms with Crippen LogP contribution in [0.15, 0.2) is 97.3 Å². The highest BCUT2D eigenvalue weighted by Crippen LogP contribution is 2.28. The predicted octanol–water partition coefficient (Wildman–Crippen LogP) is 4.19. The van der Waals surface area contributed by atoms with E-state index >= 15 is 0 Å². The Morgan fingerprint density at radius 1 is 0.815 bits per heavy atom. The Hall–Kier alpha value is -8.92. The number of rotatable bonds is 7. The highest BCUT2D eigenvalue weighted by Gasteiger charge is 2.33. The third kappa shape index (κ3) is 11.1. The molecular weight excluding hydrogens is 900 g/mol. The van der Waals surface area contributed by atoms with Crippen LogP contribution in [-0.2, 0) is 21.5 Å². The summed E-state index contributed by atoms with van der Waals surface area (Å²) in [4.78, 5) is 64.4. The number of nitriles is 3. The van der Waals surface area contributed by atoms with Crippen LogP contribution >= 0.6 is 15.9 Å². The molecule has 0 unspecified atom stereocenters. The summed E-state index contributed by atoms with van der Waals surface area (Å²) >= 11 is 3.32. The molecule has 0 saturated carbocycles. The third-order valence-electron chi connectivity index (χ3n) is 9.46. The molecule has 6 aromatic rings. The quantitative estimate of drug-likeness (QED) is 0.150. The predicted molar refractivity (Wildman–Crippen MR) is 235 cm³/mol. The van der Waals surface area contributed by atoms with Crippen molar-refractivity contribution < 1.29 is 28.7 Å². The molecule has 2 aromatic carbocycles. The Labute approximate surface area is 379 Å². The molecule has 2 aliphatic heterocycles. The molecule has 20 nitrogen and oxygen atoms in total. The van der Waals surface area contributed by atoms with Gasteiger partial charge in [0.25, 0.3) is 23.6 Å². The van der Waals surface area contributed by atoms with Gasteiger partial charge in [0.05, 0.1) is 24.7 Å². The third-order valence-corrected chi connectivity index (χ3v) is 10.1. The van der Waals surface area contributed by atoms with Crippen LogP contribution in [0, 0.1) is 40.6 Å². The Morgan fingerprint density at radius 2 is 1.43 bits per heavy atom. The summed E-state index contributed by atoms with van der Waals surface area (Å²) in [5.74, 6) is -0.231. The lowest BCUT2D eigenvalue weighted by atomic mass is 10.1. The molecule has 0 bridgehead atoms. The maximum atomic E-state index is 12.8. The van der Waals surface area contributed by atoms with Crippen LogP contribution in [0.1, 0.15) is 49.1 Å². The summed E-state index contributed by atoms with van der Waals surface area (Å²) in [6.45, 7) is 6.84. The number of aromatic nitrogens is 6. The number of aromatic amines is 1. The van der Waals surface area contributed by atoms with E-state index in [0.717, 1.165) is 16.5 Å². The summed E-state index contributed by atoms with van der Waals surface area (Å²) in [5, 5.41) is 43.5. The molecule has 2 aliphatic rings. The van der Waals surface area contributed by atoms with Gasteiger partial charge in [0.2, 0.25) is 0 Å². The lowest BCUT2D eigenvalue weighted by Crippen LogP contribution is -2.49. The topological polar surface area (TPSA) is 265 Å². The minimum Gasteiger partial charge on any atom is -0.487 e. The molecule has 4 amide bonds. The molecule has 8 rings (SSSR count). The number of likely N-dealkylation sites (N-methyl/N-ethyl adjacent to an activating group) is 2. The lowest BCUT2D eigenvalue weighted by molar-refractivity contribution is -0.121. The first-order valence-electron chi connectivity index (χ1n) is 19.2. The van der Waals surface area contributed by atoms with E-state index in [1.54, 1.807) is 81.1 Å². The smallest absolute Gasteiger partial charge is 0.272 e. The van der Waals surface area contributed by atoms with Crippen LogP contribution in [0.5, 0.6) is 11.5 Å². The van der Waals surface area contributed by atoms with Crippen LogP contribution in [0.4, 0.5) is 17.3 Å². The molecule has 0 fully saturated rings. The second-order valence-corrected chi connectivity index (χ2v) is 14.4. The molecule has 3 N–H and O–H groups in total. The Kier molecular flexibility index (Phi) is 14.9. The fourth-order valence-electron chi connectivity index (χ4n) is 6.19. The number of halogens is 1. The Balaban J connectivity index is 0.000000184. The van der Waals surface area contributed by atoms with Gasteiger partial charge < -0.3 is 20.1 Å². The number of ether oxygens (including phenoxy) is 2. The van der Waals surface area contributed by atoms with Crippen LogP contribution in [0.25, 0.3) is 4.85 Å². The van der Waals surface area contributed by atoms with Gasteiger partial charge in [0, 0.05) is 44.0 Å². The minimum absolute atomic E-state index is 0.00618. The number of anilines is 2. The lowest BCUT2D eigenvalue weighted by Gasteiger charge is -2.19. The van der Waals surface area contributed by atoms with E-state index < -0.39 is 23.9 Å². The maximum Gasteiger partial charge on any atom is 0.272 e. The van der Waals surface area contributed by atoms with Gasteiger partial charge in [-0.05, 0) is 47.5 Å². The van der Waals surface area contributed by atoms with Crippen molar-refractivity contribution in [3.63, 3.8) is 0 Å². The van der Waals surface area contributed by atoms with Crippen LogP contribution < -0.4 is 29.9 Å². The molecule has 4 aromatic heterocycles. The average molecular weight is 936 g/mol. The molecule has 324 valence electrons. The summed E-state index contributed by atoms with van der Waals surface area (Å²) in [6.07, 6.45) is 3.10.